The smallest absolute Gasteiger partial charge is 0.195 e. The minimum Gasteiger partial charge on any atom is -0.298 e. The molecule has 1 rings (SSSR count). The zero-order valence-corrected chi connectivity index (χ0v) is 10.2. The molecule has 1 heterocycles. The maximum absolute atomic E-state index is 5.26. The average molecular weight is 213 g/mol. The third kappa shape index (κ3) is 1.75. The first kappa shape index (κ1) is 11.4. The van der Waals surface area contributed by atoms with E-state index in [0.717, 1.165) is 29.9 Å². The Bertz CT molecular complexity index is 346. The van der Waals surface area contributed by atoms with Crippen LogP contribution in [-0.4, -0.2) is 14.8 Å². The minimum absolute atomic E-state index is 0.107. The molecule has 0 saturated carbocycles. The van der Waals surface area contributed by atoms with Crippen LogP contribution in [-0.2, 0) is 12.0 Å². The lowest BCUT2D eigenvalue weighted by Crippen LogP contribution is -2.30. The summed E-state index contributed by atoms with van der Waals surface area (Å²) in [5.74, 6) is 1.06. The number of nitrogens with one attached hydrogen (secondary N) is 1. The van der Waals surface area contributed by atoms with Crippen molar-refractivity contribution in [2.45, 2.75) is 52.5 Å². The highest BCUT2D eigenvalue weighted by Gasteiger charge is 2.25. The Morgan fingerprint density at radius 3 is 2.36 bits per heavy atom. The summed E-state index contributed by atoms with van der Waals surface area (Å²) < 4.78 is 2.91. The van der Waals surface area contributed by atoms with Gasteiger partial charge in [-0.3, -0.25) is 9.67 Å². The molecular weight excluding hydrogens is 194 g/mol. The molecule has 0 aromatic carbocycles. The fraction of sp³-hybridized carbons (Fsp3) is 0.800. The van der Waals surface area contributed by atoms with Crippen molar-refractivity contribution in [2.75, 3.05) is 0 Å². The lowest BCUT2D eigenvalue weighted by atomic mass is 9.95. The molecule has 80 valence electrons. The molecule has 0 fully saturated rings. The van der Waals surface area contributed by atoms with E-state index in [1.165, 1.54) is 0 Å². The SMILES string of the molecule is CCc1n[nH]c(=S)n1C(C)(CC)CC. The van der Waals surface area contributed by atoms with Crippen LogP contribution >= 0.6 is 12.2 Å². The second-order valence-corrected chi connectivity index (χ2v) is 4.22. The van der Waals surface area contributed by atoms with E-state index in [-0.39, 0.29) is 5.54 Å². The molecule has 3 nitrogen and oxygen atoms in total. The van der Waals surface area contributed by atoms with Gasteiger partial charge in [0, 0.05) is 12.0 Å². The van der Waals surface area contributed by atoms with E-state index < -0.39 is 0 Å². The summed E-state index contributed by atoms with van der Waals surface area (Å²) in [7, 11) is 0. The second-order valence-electron chi connectivity index (χ2n) is 3.84. The van der Waals surface area contributed by atoms with Gasteiger partial charge in [0.1, 0.15) is 5.82 Å². The Hall–Kier alpha value is -0.640. The fourth-order valence-corrected chi connectivity index (χ4v) is 2.06. The van der Waals surface area contributed by atoms with Gasteiger partial charge in [0.15, 0.2) is 4.77 Å². The zero-order valence-electron chi connectivity index (χ0n) is 9.42. The van der Waals surface area contributed by atoms with Crippen LogP contribution in [0.1, 0.15) is 46.4 Å². The van der Waals surface area contributed by atoms with E-state index in [9.17, 15) is 0 Å². The summed E-state index contributed by atoms with van der Waals surface area (Å²) in [6, 6.07) is 0. The minimum atomic E-state index is 0.107. The molecule has 0 aliphatic rings. The van der Waals surface area contributed by atoms with E-state index >= 15 is 0 Å². The van der Waals surface area contributed by atoms with Gasteiger partial charge in [-0.2, -0.15) is 5.10 Å². The van der Waals surface area contributed by atoms with Crippen LogP contribution in [0, 0.1) is 4.77 Å². The molecule has 0 amide bonds. The zero-order chi connectivity index (χ0) is 10.8. The van der Waals surface area contributed by atoms with Crippen LogP contribution in [0.15, 0.2) is 0 Å². The highest BCUT2D eigenvalue weighted by atomic mass is 32.1. The second kappa shape index (κ2) is 4.26. The molecule has 1 N–H and O–H groups in total. The first-order valence-corrected chi connectivity index (χ1v) is 5.66. The Morgan fingerprint density at radius 2 is 1.93 bits per heavy atom. The average Bonchev–Trinajstić information content (AvgIpc) is 2.59. The maximum atomic E-state index is 5.26. The van der Waals surface area contributed by atoms with Crippen molar-refractivity contribution in [3.8, 4) is 0 Å². The van der Waals surface area contributed by atoms with Gasteiger partial charge in [0.2, 0.25) is 0 Å². The predicted octanol–water partition coefficient (Wildman–Crippen LogP) is 3.04. The van der Waals surface area contributed by atoms with Crippen LogP contribution in [0.5, 0.6) is 0 Å². The fourth-order valence-electron chi connectivity index (χ4n) is 1.69. The van der Waals surface area contributed by atoms with Crippen molar-refractivity contribution in [3.05, 3.63) is 10.6 Å². The van der Waals surface area contributed by atoms with Crippen LogP contribution in [0.3, 0.4) is 0 Å². The summed E-state index contributed by atoms with van der Waals surface area (Å²) in [4.78, 5) is 0. The van der Waals surface area contributed by atoms with Gasteiger partial charge >= 0.3 is 0 Å². The number of aromatic amines is 1. The number of aromatic nitrogens is 3. The standard InChI is InChI=1S/C10H19N3S/c1-5-8-11-12-9(14)13(8)10(4,6-2)7-3/h5-7H2,1-4H3,(H,12,14). The van der Waals surface area contributed by atoms with E-state index in [1.807, 2.05) is 0 Å². The van der Waals surface area contributed by atoms with Crippen molar-refractivity contribution in [1.82, 2.24) is 14.8 Å². The van der Waals surface area contributed by atoms with Gasteiger partial charge in [-0.25, -0.2) is 0 Å². The van der Waals surface area contributed by atoms with Crippen LogP contribution in [0.2, 0.25) is 0 Å². The van der Waals surface area contributed by atoms with E-state index in [2.05, 4.69) is 42.5 Å². The summed E-state index contributed by atoms with van der Waals surface area (Å²) in [5.41, 5.74) is 0.107. The first-order chi connectivity index (χ1) is 6.59. The summed E-state index contributed by atoms with van der Waals surface area (Å²) >= 11 is 5.26. The Kier molecular flexibility index (Phi) is 3.48. The summed E-state index contributed by atoms with van der Waals surface area (Å²) in [6.07, 6.45) is 3.07. The molecule has 1 aromatic heterocycles. The summed E-state index contributed by atoms with van der Waals surface area (Å²) in [5, 5.41) is 7.12. The molecule has 0 radical (unpaired) electrons. The van der Waals surface area contributed by atoms with Gasteiger partial charge in [-0.1, -0.05) is 20.8 Å². The molecular formula is C10H19N3S. The number of rotatable bonds is 4. The maximum Gasteiger partial charge on any atom is 0.195 e. The Labute approximate surface area is 90.5 Å². The van der Waals surface area contributed by atoms with Crippen LogP contribution < -0.4 is 0 Å². The Balaban J connectivity index is 3.28. The quantitative estimate of drug-likeness (QED) is 0.780. The molecule has 0 unspecified atom stereocenters. The topological polar surface area (TPSA) is 33.6 Å². The van der Waals surface area contributed by atoms with Gasteiger partial charge < -0.3 is 0 Å². The molecule has 0 saturated heterocycles. The largest absolute Gasteiger partial charge is 0.298 e. The highest BCUT2D eigenvalue weighted by molar-refractivity contribution is 7.71. The van der Waals surface area contributed by atoms with Crippen molar-refractivity contribution in [2.24, 2.45) is 0 Å². The molecule has 0 spiro atoms. The molecule has 14 heavy (non-hydrogen) atoms. The molecule has 4 heteroatoms. The van der Waals surface area contributed by atoms with Crippen molar-refractivity contribution >= 4 is 12.2 Å². The lowest BCUT2D eigenvalue weighted by molar-refractivity contribution is 0.282. The van der Waals surface area contributed by atoms with Crippen molar-refractivity contribution in [3.63, 3.8) is 0 Å². The molecule has 0 aliphatic heterocycles. The predicted molar refractivity (Wildman–Crippen MR) is 61.0 cm³/mol. The molecule has 1 aromatic rings. The van der Waals surface area contributed by atoms with Crippen molar-refractivity contribution in [1.29, 1.82) is 0 Å². The third-order valence-corrected chi connectivity index (χ3v) is 3.40. The lowest BCUT2D eigenvalue weighted by Gasteiger charge is -2.29. The summed E-state index contributed by atoms with van der Waals surface area (Å²) in [6.45, 7) is 8.72. The van der Waals surface area contributed by atoms with E-state index in [4.69, 9.17) is 12.2 Å². The number of H-pyrrole nitrogens is 1. The number of aryl methyl sites for hydroxylation is 1. The third-order valence-electron chi connectivity index (χ3n) is 3.12. The van der Waals surface area contributed by atoms with Crippen LogP contribution in [0.4, 0.5) is 0 Å². The number of nitrogens with zero attached hydrogens (tertiary/aromatic N) is 2. The molecule has 0 atom stereocenters. The van der Waals surface area contributed by atoms with Crippen molar-refractivity contribution < 1.29 is 0 Å². The highest BCUT2D eigenvalue weighted by Crippen LogP contribution is 2.26. The van der Waals surface area contributed by atoms with Gasteiger partial charge in [0.05, 0.1) is 0 Å². The monoisotopic (exact) mass is 213 g/mol. The van der Waals surface area contributed by atoms with E-state index in [1.54, 1.807) is 0 Å². The number of hydrogen-bond donors (Lipinski definition) is 1. The van der Waals surface area contributed by atoms with Gasteiger partial charge in [-0.15, -0.1) is 0 Å². The van der Waals surface area contributed by atoms with Gasteiger partial charge in [0.25, 0.3) is 0 Å². The number of hydrogen-bond acceptors (Lipinski definition) is 2. The van der Waals surface area contributed by atoms with Crippen LogP contribution in [0.25, 0.3) is 0 Å². The normalized spacial score (nSPS) is 12.0. The molecule has 0 aliphatic carbocycles. The first-order valence-electron chi connectivity index (χ1n) is 5.25. The van der Waals surface area contributed by atoms with Gasteiger partial charge in [-0.05, 0) is 32.0 Å². The van der Waals surface area contributed by atoms with E-state index in [0.29, 0.717) is 0 Å². The Morgan fingerprint density at radius 1 is 1.36 bits per heavy atom. The molecule has 0 bridgehead atoms.